The van der Waals surface area contributed by atoms with Crippen LogP contribution in [0.4, 0.5) is 8.78 Å². The zero-order chi connectivity index (χ0) is 17.6. The van der Waals surface area contributed by atoms with Gasteiger partial charge in [0.1, 0.15) is 17.2 Å². The van der Waals surface area contributed by atoms with Gasteiger partial charge in [0.05, 0.1) is 18.4 Å². The minimum atomic E-state index is -0.914. The fourth-order valence-electron chi connectivity index (χ4n) is 3.72. The first-order valence-corrected chi connectivity index (χ1v) is 9.01. The molecule has 1 fully saturated rings. The van der Waals surface area contributed by atoms with Crippen molar-refractivity contribution in [2.75, 3.05) is 12.4 Å². The highest BCUT2D eigenvalue weighted by molar-refractivity contribution is 8.13. The maximum Gasteiger partial charge on any atom is 0.154 e. The van der Waals surface area contributed by atoms with Crippen LogP contribution in [0.15, 0.2) is 35.5 Å². The predicted molar refractivity (Wildman–Crippen MR) is 92.1 cm³/mol. The number of halogens is 2. The molecule has 2 aliphatic heterocycles. The van der Waals surface area contributed by atoms with Crippen molar-refractivity contribution in [3.63, 3.8) is 0 Å². The first kappa shape index (κ1) is 16.5. The Hall–Kier alpha value is -1.93. The number of nitrogens with two attached hydrogens (primary N) is 1. The van der Waals surface area contributed by atoms with Crippen LogP contribution < -0.4 is 5.73 Å². The lowest BCUT2D eigenvalue weighted by atomic mass is 9.74. The van der Waals surface area contributed by atoms with Crippen molar-refractivity contribution in [1.82, 2.24) is 9.78 Å². The normalized spacial score (nSPS) is 29.2. The zero-order valence-electron chi connectivity index (χ0n) is 13.7. The summed E-state index contributed by atoms with van der Waals surface area (Å²) in [6.45, 7) is 0.192. The summed E-state index contributed by atoms with van der Waals surface area (Å²) in [7, 11) is 1.87. The summed E-state index contributed by atoms with van der Waals surface area (Å²) in [5.74, 6) is -0.487. The summed E-state index contributed by atoms with van der Waals surface area (Å²) < 4.78 is 35.7. The summed E-state index contributed by atoms with van der Waals surface area (Å²) in [6.07, 6.45) is 2.26. The monoisotopic (exact) mass is 364 g/mol. The summed E-state index contributed by atoms with van der Waals surface area (Å²) in [5, 5.41) is 4.59. The fourth-order valence-corrected chi connectivity index (χ4v) is 4.73. The lowest BCUT2D eigenvalue weighted by molar-refractivity contribution is -0.0620. The van der Waals surface area contributed by atoms with E-state index in [4.69, 9.17) is 10.5 Å². The summed E-state index contributed by atoms with van der Waals surface area (Å²) in [5.41, 5.74) is 6.34. The molecule has 0 bridgehead atoms. The van der Waals surface area contributed by atoms with E-state index in [-0.39, 0.29) is 18.6 Å². The van der Waals surface area contributed by atoms with Gasteiger partial charge in [-0.1, -0.05) is 17.8 Å². The molecule has 25 heavy (non-hydrogen) atoms. The quantitative estimate of drug-likeness (QED) is 0.890. The van der Waals surface area contributed by atoms with Gasteiger partial charge < -0.3 is 10.5 Å². The number of thioether (sulfide) groups is 1. The number of hydrogen-bond donors (Lipinski definition) is 1. The van der Waals surface area contributed by atoms with Crippen LogP contribution in [0.1, 0.15) is 23.8 Å². The third-order valence-corrected chi connectivity index (χ3v) is 5.96. The van der Waals surface area contributed by atoms with Crippen LogP contribution in [0.25, 0.3) is 0 Å². The largest absolute Gasteiger partial charge is 0.379 e. The highest BCUT2D eigenvalue weighted by Gasteiger charge is 2.50. The van der Waals surface area contributed by atoms with Crippen molar-refractivity contribution in [3.05, 3.63) is 53.4 Å². The van der Waals surface area contributed by atoms with Crippen molar-refractivity contribution in [2.45, 2.75) is 18.1 Å². The molecule has 4 rings (SSSR count). The molecule has 3 heterocycles. The van der Waals surface area contributed by atoms with Gasteiger partial charge in [0, 0.05) is 36.5 Å². The number of ether oxygens (including phenoxy) is 1. The number of aromatic nitrogens is 2. The minimum Gasteiger partial charge on any atom is -0.379 e. The van der Waals surface area contributed by atoms with Crippen LogP contribution in [0.5, 0.6) is 0 Å². The van der Waals surface area contributed by atoms with E-state index in [0.717, 1.165) is 11.8 Å². The van der Waals surface area contributed by atoms with Crippen molar-refractivity contribution < 1.29 is 13.5 Å². The second-order valence-electron chi connectivity index (χ2n) is 6.42. The van der Waals surface area contributed by atoms with Crippen molar-refractivity contribution >= 4 is 16.9 Å². The Bertz CT molecular complexity index is 840. The zero-order valence-corrected chi connectivity index (χ0v) is 14.5. The van der Waals surface area contributed by atoms with Gasteiger partial charge in [-0.15, -0.1) is 0 Å². The molecule has 2 aliphatic rings. The Morgan fingerprint density at radius 3 is 2.92 bits per heavy atom. The van der Waals surface area contributed by atoms with E-state index < -0.39 is 17.2 Å². The van der Waals surface area contributed by atoms with Gasteiger partial charge in [-0.2, -0.15) is 5.10 Å². The molecule has 1 saturated heterocycles. The van der Waals surface area contributed by atoms with Crippen molar-refractivity contribution in [1.29, 1.82) is 0 Å². The molecule has 2 aromatic rings. The van der Waals surface area contributed by atoms with E-state index in [2.05, 4.69) is 10.1 Å². The lowest BCUT2D eigenvalue weighted by Crippen LogP contribution is -2.48. The van der Waals surface area contributed by atoms with E-state index in [9.17, 15) is 8.78 Å². The number of amidine groups is 1. The van der Waals surface area contributed by atoms with E-state index >= 15 is 0 Å². The van der Waals surface area contributed by atoms with Crippen LogP contribution in [0.2, 0.25) is 0 Å². The van der Waals surface area contributed by atoms with Gasteiger partial charge in [-0.05, 0) is 18.6 Å². The van der Waals surface area contributed by atoms with Crippen molar-refractivity contribution in [2.24, 2.45) is 23.7 Å². The predicted octanol–water partition coefficient (Wildman–Crippen LogP) is 2.73. The first-order chi connectivity index (χ1) is 12.0. The Morgan fingerprint density at radius 2 is 2.20 bits per heavy atom. The Morgan fingerprint density at radius 1 is 1.36 bits per heavy atom. The maximum atomic E-state index is 14.5. The third-order valence-electron chi connectivity index (χ3n) is 5.01. The Kier molecular flexibility index (Phi) is 4.04. The molecule has 0 saturated carbocycles. The highest BCUT2D eigenvalue weighted by Crippen LogP contribution is 2.49. The SMILES string of the molecule is Cn1nccc1C1CC2CSC(N)=NC2(c2ccc(F)cc2F)CO1. The van der Waals surface area contributed by atoms with Crippen LogP contribution in [0.3, 0.4) is 0 Å². The molecule has 0 amide bonds. The van der Waals surface area contributed by atoms with Gasteiger partial charge >= 0.3 is 0 Å². The summed E-state index contributed by atoms with van der Waals surface area (Å²) >= 11 is 1.46. The number of benzene rings is 1. The molecule has 1 aromatic carbocycles. The van der Waals surface area contributed by atoms with Crippen LogP contribution >= 0.6 is 11.8 Å². The standard InChI is InChI=1S/C17H18F2N4OS/c1-23-14(4-5-21-23)15-6-10-8-25-16(20)22-17(10,9-24-15)12-3-2-11(18)7-13(12)19/h2-5,7,10,15H,6,8-9H2,1H3,(H2,20,22). The first-order valence-electron chi connectivity index (χ1n) is 8.03. The topological polar surface area (TPSA) is 65.4 Å². The molecule has 0 aliphatic carbocycles. The van der Waals surface area contributed by atoms with Gasteiger partial charge in [-0.3, -0.25) is 4.68 Å². The van der Waals surface area contributed by atoms with Gasteiger partial charge in [0.2, 0.25) is 0 Å². The summed E-state index contributed by atoms with van der Waals surface area (Å²) in [6, 6.07) is 5.52. The second kappa shape index (κ2) is 6.10. The number of hydrogen-bond acceptors (Lipinski definition) is 5. The average Bonchev–Trinajstić information content (AvgIpc) is 3.00. The van der Waals surface area contributed by atoms with E-state index in [0.29, 0.717) is 22.9 Å². The molecule has 0 radical (unpaired) electrons. The van der Waals surface area contributed by atoms with E-state index in [1.165, 1.54) is 23.9 Å². The lowest BCUT2D eigenvalue weighted by Gasteiger charge is -2.46. The smallest absolute Gasteiger partial charge is 0.154 e. The van der Waals surface area contributed by atoms with Crippen LogP contribution in [-0.4, -0.2) is 27.3 Å². The molecule has 5 nitrogen and oxygen atoms in total. The van der Waals surface area contributed by atoms with Gasteiger partial charge in [0.25, 0.3) is 0 Å². The number of rotatable bonds is 2. The van der Waals surface area contributed by atoms with Crippen molar-refractivity contribution in [3.8, 4) is 0 Å². The molecule has 132 valence electrons. The van der Waals surface area contributed by atoms with E-state index in [1.807, 2.05) is 13.1 Å². The Labute approximate surface area is 148 Å². The van der Waals surface area contributed by atoms with Crippen LogP contribution in [-0.2, 0) is 17.3 Å². The minimum absolute atomic E-state index is 0.0263. The molecule has 0 spiro atoms. The van der Waals surface area contributed by atoms with E-state index in [1.54, 1.807) is 10.9 Å². The number of aliphatic imine (C=N–C) groups is 1. The molecule has 3 atom stereocenters. The number of aryl methyl sites for hydroxylation is 1. The highest BCUT2D eigenvalue weighted by atomic mass is 32.2. The van der Waals surface area contributed by atoms with Gasteiger partial charge in [0.15, 0.2) is 5.17 Å². The Balaban J connectivity index is 1.74. The molecule has 8 heteroatoms. The molecule has 3 unspecified atom stereocenters. The molecule has 2 N–H and O–H groups in total. The fraction of sp³-hybridized carbons (Fsp3) is 0.412. The molecule has 1 aromatic heterocycles. The second-order valence-corrected chi connectivity index (χ2v) is 7.46. The maximum absolute atomic E-state index is 14.5. The number of nitrogens with zero attached hydrogens (tertiary/aromatic N) is 3. The van der Waals surface area contributed by atoms with Gasteiger partial charge in [-0.25, -0.2) is 13.8 Å². The summed E-state index contributed by atoms with van der Waals surface area (Å²) in [4.78, 5) is 4.58. The number of fused-ring (bicyclic) bond motifs is 1. The van der Waals surface area contributed by atoms with Crippen LogP contribution in [0, 0.1) is 17.6 Å². The molecular formula is C17H18F2N4OS. The average molecular weight is 364 g/mol. The molecular weight excluding hydrogens is 346 g/mol. The third kappa shape index (κ3) is 2.73.